The molecule has 0 saturated carbocycles. The number of carbonyl (C=O) groups is 2. The van der Waals surface area contributed by atoms with Gasteiger partial charge in [0.05, 0.1) is 17.0 Å². The number of hydrogen-bond donors (Lipinski definition) is 0. The fourth-order valence-electron chi connectivity index (χ4n) is 4.03. The lowest BCUT2D eigenvalue weighted by Crippen LogP contribution is -2.46. The molecular weight excluding hydrogens is 443 g/mol. The largest absolute Gasteiger partial charge is 0.274 e. The fourth-order valence-corrected chi connectivity index (χ4v) is 5.79. The molecular formula is C25H23FN2O4S. The molecule has 0 aromatic heterocycles. The summed E-state index contributed by atoms with van der Waals surface area (Å²) in [5.41, 5.74) is 2.02. The van der Waals surface area contributed by atoms with Crippen LogP contribution in [0.15, 0.2) is 83.8 Å². The first-order valence-corrected chi connectivity index (χ1v) is 11.9. The van der Waals surface area contributed by atoms with Crippen molar-refractivity contribution in [3.8, 4) is 0 Å². The molecule has 4 rings (SSSR count). The number of halogens is 1. The summed E-state index contributed by atoms with van der Waals surface area (Å²) < 4.78 is 42.0. The topological polar surface area (TPSA) is 74.8 Å². The van der Waals surface area contributed by atoms with Gasteiger partial charge in [-0.05, 0) is 55.8 Å². The lowest BCUT2D eigenvalue weighted by atomic mass is 10.1. The van der Waals surface area contributed by atoms with E-state index in [1.807, 2.05) is 6.92 Å². The Bertz CT molecular complexity index is 1280. The highest BCUT2D eigenvalue weighted by atomic mass is 32.2. The lowest BCUT2D eigenvalue weighted by molar-refractivity contribution is -0.122. The van der Waals surface area contributed by atoms with Crippen molar-refractivity contribution in [3.63, 3.8) is 0 Å². The normalized spacial score (nSPS) is 17.6. The van der Waals surface area contributed by atoms with E-state index in [0.717, 1.165) is 39.0 Å². The molecule has 8 heteroatoms. The molecule has 1 heterocycles. The Morgan fingerprint density at radius 1 is 0.939 bits per heavy atom. The van der Waals surface area contributed by atoms with Crippen molar-refractivity contribution in [2.24, 2.45) is 0 Å². The van der Waals surface area contributed by atoms with Gasteiger partial charge < -0.3 is 0 Å². The summed E-state index contributed by atoms with van der Waals surface area (Å²) in [6.07, 6.45) is -0.287. The molecule has 2 atom stereocenters. The molecule has 0 N–H and O–H groups in total. The van der Waals surface area contributed by atoms with E-state index in [-0.39, 0.29) is 11.3 Å². The van der Waals surface area contributed by atoms with Gasteiger partial charge in [0.15, 0.2) is 0 Å². The third-order valence-electron chi connectivity index (χ3n) is 5.77. The molecule has 33 heavy (non-hydrogen) atoms. The summed E-state index contributed by atoms with van der Waals surface area (Å²) in [4.78, 5) is 27.2. The van der Waals surface area contributed by atoms with Crippen molar-refractivity contribution in [1.82, 2.24) is 4.31 Å². The molecule has 1 fully saturated rings. The van der Waals surface area contributed by atoms with E-state index in [0.29, 0.717) is 11.3 Å². The van der Waals surface area contributed by atoms with Gasteiger partial charge in [0.25, 0.3) is 5.91 Å². The highest BCUT2D eigenvalue weighted by Gasteiger charge is 2.48. The van der Waals surface area contributed by atoms with Gasteiger partial charge in [-0.2, -0.15) is 4.31 Å². The smallest absolute Gasteiger partial charge is 0.252 e. The van der Waals surface area contributed by atoms with Gasteiger partial charge >= 0.3 is 0 Å². The second-order valence-electron chi connectivity index (χ2n) is 8.00. The van der Waals surface area contributed by atoms with Crippen LogP contribution >= 0.6 is 0 Å². The summed E-state index contributed by atoms with van der Waals surface area (Å²) in [6.45, 7) is 3.56. The zero-order chi connectivity index (χ0) is 23.8. The number of amides is 2. The Hall–Kier alpha value is -3.36. The third-order valence-corrected chi connectivity index (χ3v) is 7.77. The van der Waals surface area contributed by atoms with Crippen LogP contribution in [-0.2, 0) is 19.6 Å². The first-order chi connectivity index (χ1) is 15.7. The molecule has 6 nitrogen and oxygen atoms in total. The summed E-state index contributed by atoms with van der Waals surface area (Å²) in [7, 11) is -4.25. The molecule has 1 saturated heterocycles. The van der Waals surface area contributed by atoms with Gasteiger partial charge in [0.2, 0.25) is 15.9 Å². The van der Waals surface area contributed by atoms with Crippen LogP contribution in [0.5, 0.6) is 0 Å². The Morgan fingerprint density at radius 2 is 1.55 bits per heavy atom. The van der Waals surface area contributed by atoms with Crippen LogP contribution in [0.2, 0.25) is 0 Å². The van der Waals surface area contributed by atoms with E-state index < -0.39 is 39.7 Å². The van der Waals surface area contributed by atoms with Crippen LogP contribution in [-0.4, -0.2) is 30.6 Å². The number of carbonyl (C=O) groups excluding carboxylic acids is 2. The predicted octanol–water partition coefficient (Wildman–Crippen LogP) is 4.22. The number of aryl methyl sites for hydroxylation is 1. The summed E-state index contributed by atoms with van der Waals surface area (Å²) in [6, 6.07) is 18.2. The Balaban J connectivity index is 1.79. The van der Waals surface area contributed by atoms with Crippen LogP contribution in [0, 0.1) is 12.7 Å². The van der Waals surface area contributed by atoms with E-state index in [2.05, 4.69) is 0 Å². The third kappa shape index (κ3) is 4.31. The van der Waals surface area contributed by atoms with E-state index in [1.54, 1.807) is 61.5 Å². The lowest BCUT2D eigenvalue weighted by Gasteiger charge is -2.32. The fraction of sp³-hybridized carbons (Fsp3) is 0.200. The Morgan fingerprint density at radius 3 is 2.15 bits per heavy atom. The minimum atomic E-state index is -4.25. The number of rotatable bonds is 6. The van der Waals surface area contributed by atoms with Crippen molar-refractivity contribution in [2.75, 3.05) is 4.90 Å². The number of anilines is 1. The van der Waals surface area contributed by atoms with Crippen molar-refractivity contribution in [3.05, 3.63) is 95.8 Å². The standard InChI is InChI=1S/C25H23FN2O4S/c1-17-8-12-21(13-9-17)27-24(29)16-23(25(27)30)28(18(2)19-6-4-3-5-7-19)33(31,32)22-14-10-20(26)11-15-22/h3-15,18,23H,16H2,1-2H3. The van der Waals surface area contributed by atoms with Gasteiger partial charge in [0, 0.05) is 6.04 Å². The number of benzene rings is 3. The SMILES string of the molecule is Cc1ccc(N2C(=O)CC(N(C(C)c3ccccc3)S(=O)(=O)c3ccc(F)cc3)C2=O)cc1. The molecule has 3 aromatic rings. The Kier molecular flexibility index (Phi) is 6.14. The second kappa shape index (κ2) is 8.88. The zero-order valence-corrected chi connectivity index (χ0v) is 19.0. The quantitative estimate of drug-likeness (QED) is 0.510. The molecule has 0 spiro atoms. The van der Waals surface area contributed by atoms with E-state index in [1.165, 1.54) is 0 Å². The highest BCUT2D eigenvalue weighted by Crippen LogP contribution is 2.35. The Labute approximate surface area is 192 Å². The van der Waals surface area contributed by atoms with Gasteiger partial charge in [-0.15, -0.1) is 0 Å². The zero-order valence-electron chi connectivity index (χ0n) is 18.2. The van der Waals surface area contributed by atoms with E-state index >= 15 is 0 Å². The van der Waals surface area contributed by atoms with Crippen molar-refractivity contribution >= 4 is 27.5 Å². The van der Waals surface area contributed by atoms with E-state index in [4.69, 9.17) is 0 Å². The maximum atomic E-state index is 13.7. The number of nitrogens with zero attached hydrogens (tertiary/aromatic N) is 2. The highest BCUT2D eigenvalue weighted by molar-refractivity contribution is 7.89. The van der Waals surface area contributed by atoms with Gasteiger partial charge in [0.1, 0.15) is 11.9 Å². The number of imide groups is 1. The van der Waals surface area contributed by atoms with E-state index in [9.17, 15) is 22.4 Å². The molecule has 170 valence electrons. The molecule has 1 aliphatic rings. The average molecular weight is 467 g/mol. The molecule has 3 aromatic carbocycles. The van der Waals surface area contributed by atoms with Crippen LogP contribution < -0.4 is 4.90 Å². The van der Waals surface area contributed by atoms with Crippen molar-refractivity contribution in [2.45, 2.75) is 37.2 Å². The first kappa shape index (κ1) is 22.8. The van der Waals surface area contributed by atoms with Crippen LogP contribution in [0.3, 0.4) is 0 Å². The first-order valence-electron chi connectivity index (χ1n) is 10.5. The predicted molar refractivity (Wildman–Crippen MR) is 122 cm³/mol. The molecule has 0 aliphatic carbocycles. The molecule has 0 radical (unpaired) electrons. The molecule has 2 unspecified atom stereocenters. The minimum Gasteiger partial charge on any atom is -0.274 e. The summed E-state index contributed by atoms with van der Waals surface area (Å²) in [5, 5.41) is 0. The number of hydrogen-bond acceptors (Lipinski definition) is 4. The molecule has 1 aliphatic heterocycles. The van der Waals surface area contributed by atoms with Crippen LogP contribution in [0.1, 0.15) is 30.5 Å². The minimum absolute atomic E-state index is 0.152. The van der Waals surface area contributed by atoms with Gasteiger partial charge in [-0.25, -0.2) is 17.7 Å². The monoisotopic (exact) mass is 466 g/mol. The second-order valence-corrected chi connectivity index (χ2v) is 9.84. The van der Waals surface area contributed by atoms with Crippen LogP contribution in [0.25, 0.3) is 0 Å². The van der Waals surface area contributed by atoms with Crippen molar-refractivity contribution in [1.29, 1.82) is 0 Å². The number of sulfonamides is 1. The van der Waals surface area contributed by atoms with Crippen molar-refractivity contribution < 1.29 is 22.4 Å². The maximum Gasteiger partial charge on any atom is 0.252 e. The summed E-state index contributed by atoms with van der Waals surface area (Å²) >= 11 is 0. The molecule has 0 bridgehead atoms. The van der Waals surface area contributed by atoms with Crippen LogP contribution in [0.4, 0.5) is 10.1 Å². The van der Waals surface area contributed by atoms with Gasteiger partial charge in [-0.1, -0.05) is 48.0 Å². The average Bonchev–Trinajstić information content (AvgIpc) is 3.08. The summed E-state index contributed by atoms with van der Waals surface area (Å²) in [5.74, 6) is -1.67. The molecule has 2 amide bonds. The van der Waals surface area contributed by atoms with Gasteiger partial charge in [-0.3, -0.25) is 9.59 Å². The maximum absolute atomic E-state index is 13.7.